The van der Waals surface area contributed by atoms with Gasteiger partial charge in [-0.15, -0.1) is 0 Å². The molecule has 0 radical (unpaired) electrons. The van der Waals surface area contributed by atoms with Crippen molar-refractivity contribution >= 4 is 0 Å². The van der Waals surface area contributed by atoms with Crippen molar-refractivity contribution in [2.24, 2.45) is 0 Å². The Morgan fingerprint density at radius 2 is 1.76 bits per heavy atom. The van der Waals surface area contributed by atoms with Crippen LogP contribution in [-0.4, -0.2) is 25.9 Å². The van der Waals surface area contributed by atoms with Crippen molar-refractivity contribution in [3.05, 3.63) is 29.8 Å². The van der Waals surface area contributed by atoms with Gasteiger partial charge in [0.25, 0.3) is 0 Å². The molecule has 0 aliphatic rings. The lowest BCUT2D eigenvalue weighted by Crippen LogP contribution is -2.23. The molecule has 0 amide bonds. The van der Waals surface area contributed by atoms with Crippen molar-refractivity contribution < 1.29 is 14.2 Å². The molecule has 3 nitrogen and oxygen atoms in total. The number of para-hydroxylation sites is 1. The van der Waals surface area contributed by atoms with E-state index < -0.39 is 0 Å². The molecule has 0 unspecified atom stereocenters. The topological polar surface area (TPSA) is 27.7 Å². The lowest BCUT2D eigenvalue weighted by Gasteiger charge is -2.23. The first kappa shape index (κ1) is 14.0. The van der Waals surface area contributed by atoms with Crippen molar-refractivity contribution in [3.8, 4) is 5.75 Å². The quantitative estimate of drug-likeness (QED) is 0.713. The molecule has 0 spiro atoms. The van der Waals surface area contributed by atoms with Crippen LogP contribution in [-0.2, 0) is 16.1 Å². The number of rotatable bonds is 6. The van der Waals surface area contributed by atoms with Crippen molar-refractivity contribution in [2.75, 3.05) is 20.3 Å². The molecule has 3 heteroatoms. The highest BCUT2D eigenvalue weighted by atomic mass is 16.5. The van der Waals surface area contributed by atoms with Gasteiger partial charge < -0.3 is 14.2 Å². The highest BCUT2D eigenvalue weighted by Crippen LogP contribution is 2.23. The maximum Gasteiger partial charge on any atom is 0.125 e. The predicted octanol–water partition coefficient (Wildman–Crippen LogP) is 3.03. The monoisotopic (exact) mass is 238 g/mol. The first-order chi connectivity index (χ1) is 8.03. The van der Waals surface area contributed by atoms with Crippen LogP contribution in [0.5, 0.6) is 5.75 Å². The minimum Gasteiger partial charge on any atom is -0.488 e. The van der Waals surface area contributed by atoms with Crippen molar-refractivity contribution in [3.63, 3.8) is 0 Å². The number of hydrogen-bond donors (Lipinski definition) is 0. The average molecular weight is 238 g/mol. The minimum absolute atomic E-state index is 0.192. The van der Waals surface area contributed by atoms with Crippen LogP contribution in [0.2, 0.25) is 0 Å². The van der Waals surface area contributed by atoms with E-state index in [4.69, 9.17) is 14.2 Å². The smallest absolute Gasteiger partial charge is 0.125 e. The summed E-state index contributed by atoms with van der Waals surface area (Å²) in [7, 11) is 1.67. The molecule has 0 aliphatic heterocycles. The van der Waals surface area contributed by atoms with Gasteiger partial charge in [0.05, 0.1) is 19.8 Å². The summed E-state index contributed by atoms with van der Waals surface area (Å²) in [4.78, 5) is 0. The third kappa shape index (κ3) is 5.71. The fourth-order valence-corrected chi connectivity index (χ4v) is 1.38. The van der Waals surface area contributed by atoms with Crippen LogP contribution >= 0.6 is 0 Å². The van der Waals surface area contributed by atoms with Gasteiger partial charge in [-0.05, 0) is 26.8 Å². The highest BCUT2D eigenvalue weighted by molar-refractivity contribution is 5.33. The van der Waals surface area contributed by atoms with Crippen LogP contribution in [0.25, 0.3) is 0 Å². The Bertz CT molecular complexity index is 328. The molecule has 0 aliphatic carbocycles. The second-order valence-corrected chi connectivity index (χ2v) is 4.87. The Labute approximate surface area is 104 Å². The van der Waals surface area contributed by atoms with Crippen molar-refractivity contribution in [1.29, 1.82) is 0 Å². The van der Waals surface area contributed by atoms with Crippen LogP contribution in [0.15, 0.2) is 24.3 Å². The van der Waals surface area contributed by atoms with E-state index in [0.717, 1.165) is 11.3 Å². The number of ether oxygens (including phenoxy) is 3. The van der Waals surface area contributed by atoms with Crippen molar-refractivity contribution in [1.82, 2.24) is 0 Å². The van der Waals surface area contributed by atoms with Crippen LogP contribution < -0.4 is 4.74 Å². The minimum atomic E-state index is -0.192. The second-order valence-electron chi connectivity index (χ2n) is 4.87. The zero-order valence-corrected chi connectivity index (χ0v) is 11.2. The molecule has 0 saturated heterocycles. The Balaban J connectivity index is 2.58. The SMILES string of the molecule is COCCOCc1ccccc1OC(C)(C)C. The van der Waals surface area contributed by atoms with Crippen LogP contribution in [0.1, 0.15) is 26.3 Å². The van der Waals surface area contributed by atoms with Gasteiger partial charge >= 0.3 is 0 Å². The summed E-state index contributed by atoms with van der Waals surface area (Å²) in [5.41, 5.74) is 0.876. The van der Waals surface area contributed by atoms with E-state index in [1.807, 2.05) is 45.0 Å². The molecule has 1 aromatic rings. The van der Waals surface area contributed by atoms with E-state index >= 15 is 0 Å². The van der Waals surface area contributed by atoms with E-state index in [1.165, 1.54) is 0 Å². The van der Waals surface area contributed by atoms with Crippen LogP contribution in [0.3, 0.4) is 0 Å². The molecule has 1 rings (SSSR count). The summed E-state index contributed by atoms with van der Waals surface area (Å²) in [5, 5.41) is 0. The second kappa shape index (κ2) is 6.62. The number of methoxy groups -OCH3 is 1. The summed E-state index contributed by atoms with van der Waals surface area (Å²) >= 11 is 0. The Kier molecular flexibility index (Phi) is 5.45. The normalized spacial score (nSPS) is 11.5. The summed E-state index contributed by atoms with van der Waals surface area (Å²) in [6.45, 7) is 7.87. The van der Waals surface area contributed by atoms with Crippen LogP contribution in [0, 0.1) is 0 Å². The Morgan fingerprint density at radius 1 is 1.06 bits per heavy atom. The largest absolute Gasteiger partial charge is 0.488 e. The molecule has 0 bridgehead atoms. The summed E-state index contributed by atoms with van der Waals surface area (Å²) in [6.07, 6.45) is 0. The first-order valence-corrected chi connectivity index (χ1v) is 5.86. The molecular formula is C14H22O3. The van der Waals surface area contributed by atoms with E-state index in [1.54, 1.807) is 7.11 Å². The van der Waals surface area contributed by atoms with Gasteiger partial charge in [-0.2, -0.15) is 0 Å². The fourth-order valence-electron chi connectivity index (χ4n) is 1.38. The molecule has 0 saturated carbocycles. The van der Waals surface area contributed by atoms with Gasteiger partial charge in [0.15, 0.2) is 0 Å². The van der Waals surface area contributed by atoms with Gasteiger partial charge in [0.2, 0.25) is 0 Å². The number of hydrogen-bond acceptors (Lipinski definition) is 3. The third-order valence-corrected chi connectivity index (χ3v) is 2.08. The zero-order chi connectivity index (χ0) is 12.7. The van der Waals surface area contributed by atoms with E-state index in [0.29, 0.717) is 19.8 Å². The average Bonchev–Trinajstić information content (AvgIpc) is 2.24. The maximum absolute atomic E-state index is 5.88. The maximum atomic E-state index is 5.88. The molecule has 17 heavy (non-hydrogen) atoms. The molecule has 1 aromatic carbocycles. The van der Waals surface area contributed by atoms with Crippen molar-refractivity contribution in [2.45, 2.75) is 33.0 Å². The predicted molar refractivity (Wildman–Crippen MR) is 68.4 cm³/mol. The van der Waals surface area contributed by atoms with Gasteiger partial charge in [-0.25, -0.2) is 0 Å². The molecule has 0 fully saturated rings. The lowest BCUT2D eigenvalue weighted by atomic mass is 10.1. The summed E-state index contributed by atoms with van der Waals surface area (Å²) in [5.74, 6) is 0.886. The molecule has 0 N–H and O–H groups in total. The Morgan fingerprint density at radius 3 is 2.41 bits per heavy atom. The van der Waals surface area contributed by atoms with Gasteiger partial charge in [-0.1, -0.05) is 18.2 Å². The van der Waals surface area contributed by atoms with E-state index in [2.05, 4.69) is 0 Å². The number of benzene rings is 1. The lowest BCUT2D eigenvalue weighted by molar-refractivity contribution is 0.0580. The molecule has 96 valence electrons. The molecular weight excluding hydrogens is 216 g/mol. The summed E-state index contributed by atoms with van der Waals surface area (Å²) < 4.78 is 16.3. The molecule has 0 heterocycles. The zero-order valence-electron chi connectivity index (χ0n) is 11.2. The van der Waals surface area contributed by atoms with E-state index in [-0.39, 0.29) is 5.60 Å². The fraction of sp³-hybridized carbons (Fsp3) is 0.571. The van der Waals surface area contributed by atoms with Gasteiger partial charge in [0.1, 0.15) is 11.4 Å². The highest BCUT2D eigenvalue weighted by Gasteiger charge is 2.14. The molecule has 0 aromatic heterocycles. The van der Waals surface area contributed by atoms with Crippen LogP contribution in [0.4, 0.5) is 0 Å². The summed E-state index contributed by atoms with van der Waals surface area (Å²) in [6, 6.07) is 7.96. The first-order valence-electron chi connectivity index (χ1n) is 5.86. The van der Waals surface area contributed by atoms with Gasteiger partial charge in [0, 0.05) is 12.7 Å². The molecule has 0 atom stereocenters. The standard InChI is InChI=1S/C14H22O3/c1-14(2,3)17-13-8-6-5-7-12(13)11-16-10-9-15-4/h5-8H,9-11H2,1-4H3. The Hall–Kier alpha value is -1.06. The van der Waals surface area contributed by atoms with Gasteiger partial charge in [-0.3, -0.25) is 0 Å². The van der Waals surface area contributed by atoms with E-state index in [9.17, 15) is 0 Å². The third-order valence-electron chi connectivity index (χ3n) is 2.08.